The SMILES string of the molecule is CCNC(=O)NCc1cccc(-c2ccc([C@H]3O[C@@H](Cn4cnc(Cl)c4Cl)[C@@H](C)[C@@H](c4ccc(CO)cc4)O3)cc2)c1. The van der Waals surface area contributed by atoms with Gasteiger partial charge in [-0.3, -0.25) is 0 Å². The van der Waals surface area contributed by atoms with Crippen LogP contribution in [0.2, 0.25) is 10.3 Å². The molecule has 0 radical (unpaired) electrons. The lowest BCUT2D eigenvalue weighted by Crippen LogP contribution is -2.39. The molecule has 4 atom stereocenters. The summed E-state index contributed by atoms with van der Waals surface area (Å²) in [6.07, 6.45) is 0.495. The Kier molecular flexibility index (Phi) is 9.82. The Morgan fingerprint density at radius 2 is 1.69 bits per heavy atom. The third-order valence-corrected chi connectivity index (χ3v) is 8.24. The molecule has 10 heteroatoms. The van der Waals surface area contributed by atoms with Crippen LogP contribution in [0.3, 0.4) is 0 Å². The average molecular weight is 610 g/mol. The maximum absolute atomic E-state index is 11.8. The van der Waals surface area contributed by atoms with E-state index < -0.39 is 6.29 Å². The zero-order chi connectivity index (χ0) is 29.6. The summed E-state index contributed by atoms with van der Waals surface area (Å²) >= 11 is 12.5. The highest BCUT2D eigenvalue weighted by Gasteiger charge is 2.38. The fourth-order valence-corrected chi connectivity index (χ4v) is 5.40. The van der Waals surface area contributed by atoms with E-state index in [0.717, 1.165) is 33.4 Å². The van der Waals surface area contributed by atoms with Gasteiger partial charge in [0.2, 0.25) is 0 Å². The molecule has 0 unspecified atom stereocenters. The third-order valence-electron chi connectivity index (χ3n) is 7.47. The smallest absolute Gasteiger partial charge is 0.315 e. The maximum atomic E-state index is 11.8. The Hall–Kier alpha value is -3.40. The number of aliphatic hydroxyl groups excluding tert-OH is 1. The zero-order valence-electron chi connectivity index (χ0n) is 23.5. The first-order valence-corrected chi connectivity index (χ1v) is 14.7. The molecule has 3 aromatic carbocycles. The molecule has 220 valence electrons. The van der Waals surface area contributed by atoms with E-state index >= 15 is 0 Å². The first kappa shape index (κ1) is 30.1. The van der Waals surface area contributed by atoms with Gasteiger partial charge < -0.3 is 29.8 Å². The number of carbonyl (C=O) groups is 1. The van der Waals surface area contributed by atoms with Crippen LogP contribution in [0.15, 0.2) is 79.1 Å². The van der Waals surface area contributed by atoms with Gasteiger partial charge in [0, 0.05) is 24.6 Å². The largest absolute Gasteiger partial charge is 0.392 e. The van der Waals surface area contributed by atoms with Crippen LogP contribution in [0.5, 0.6) is 0 Å². The number of ether oxygens (including phenoxy) is 2. The second-order valence-electron chi connectivity index (χ2n) is 10.3. The number of aliphatic hydroxyl groups is 1. The third kappa shape index (κ3) is 6.97. The Bertz CT molecular complexity index is 1490. The number of urea groups is 1. The highest BCUT2D eigenvalue weighted by atomic mass is 35.5. The second-order valence-corrected chi connectivity index (χ2v) is 11.1. The van der Waals surface area contributed by atoms with Crippen LogP contribution >= 0.6 is 23.2 Å². The quantitative estimate of drug-likeness (QED) is 0.197. The van der Waals surface area contributed by atoms with Crippen molar-refractivity contribution in [1.82, 2.24) is 20.2 Å². The lowest BCUT2D eigenvalue weighted by molar-refractivity contribution is -0.276. The van der Waals surface area contributed by atoms with E-state index in [1.807, 2.05) is 73.7 Å². The number of hydrogen-bond donors (Lipinski definition) is 3. The molecule has 0 spiro atoms. The van der Waals surface area contributed by atoms with Crippen molar-refractivity contribution >= 4 is 29.2 Å². The van der Waals surface area contributed by atoms with Gasteiger partial charge in [-0.25, -0.2) is 9.78 Å². The summed E-state index contributed by atoms with van der Waals surface area (Å²) in [5, 5.41) is 15.7. The number of nitrogens with zero attached hydrogens (tertiary/aromatic N) is 2. The average Bonchev–Trinajstić information content (AvgIpc) is 3.33. The summed E-state index contributed by atoms with van der Waals surface area (Å²) in [6, 6.07) is 23.8. The van der Waals surface area contributed by atoms with Gasteiger partial charge in [0.15, 0.2) is 11.4 Å². The van der Waals surface area contributed by atoms with Crippen molar-refractivity contribution in [3.63, 3.8) is 0 Å². The fraction of sp³-hybridized carbons (Fsp3) is 0.312. The number of hydrogen-bond acceptors (Lipinski definition) is 5. The van der Waals surface area contributed by atoms with Crippen LogP contribution in [0, 0.1) is 5.92 Å². The van der Waals surface area contributed by atoms with Gasteiger partial charge in [0.05, 0.1) is 31.7 Å². The van der Waals surface area contributed by atoms with Crippen molar-refractivity contribution in [3.05, 3.63) is 112 Å². The second kappa shape index (κ2) is 13.7. The number of benzene rings is 3. The van der Waals surface area contributed by atoms with E-state index in [9.17, 15) is 9.90 Å². The van der Waals surface area contributed by atoms with Gasteiger partial charge in [0.25, 0.3) is 0 Å². The molecular weight excluding hydrogens is 575 g/mol. The fourth-order valence-electron chi connectivity index (χ4n) is 5.09. The van der Waals surface area contributed by atoms with Crippen molar-refractivity contribution in [3.8, 4) is 11.1 Å². The molecular formula is C32H34Cl2N4O4. The standard InChI is InChI=1S/C32H34Cl2N4O4/c1-3-35-32(40)36-16-22-5-4-6-26(15-22)23-11-13-25(14-12-23)31-41-27(17-38-19-37-29(33)30(38)34)20(2)28(42-31)24-9-7-21(18-39)8-10-24/h4-15,19-20,27-28,31,39H,3,16-18H2,1-2H3,(H2,35,36,40)/t20-,27+,28+,31+/m1/s1. The van der Waals surface area contributed by atoms with Crippen LogP contribution in [-0.2, 0) is 29.2 Å². The van der Waals surface area contributed by atoms with Crippen molar-refractivity contribution in [2.45, 2.75) is 52.0 Å². The van der Waals surface area contributed by atoms with E-state index in [2.05, 4.69) is 28.6 Å². The molecule has 1 saturated heterocycles. The molecule has 0 bridgehead atoms. The van der Waals surface area contributed by atoms with Crippen LogP contribution < -0.4 is 10.6 Å². The topological polar surface area (TPSA) is 97.6 Å². The van der Waals surface area contributed by atoms with Gasteiger partial charge in [-0.15, -0.1) is 0 Å². The number of halogens is 2. The number of imidazole rings is 1. The molecule has 1 aromatic heterocycles. The highest BCUT2D eigenvalue weighted by Crippen LogP contribution is 2.42. The van der Waals surface area contributed by atoms with Crippen molar-refractivity contribution < 1.29 is 19.4 Å². The number of carbonyl (C=O) groups excluding carboxylic acids is 1. The summed E-state index contributed by atoms with van der Waals surface area (Å²) in [7, 11) is 0. The highest BCUT2D eigenvalue weighted by molar-refractivity contribution is 6.40. The van der Waals surface area contributed by atoms with Crippen LogP contribution in [0.1, 0.15) is 48.5 Å². The van der Waals surface area contributed by atoms with E-state index in [0.29, 0.717) is 24.8 Å². The lowest BCUT2D eigenvalue weighted by atomic mass is 9.90. The number of rotatable bonds is 9. The minimum absolute atomic E-state index is 0.0183. The Balaban J connectivity index is 1.37. The number of amides is 2. The van der Waals surface area contributed by atoms with Crippen molar-refractivity contribution in [2.75, 3.05) is 6.54 Å². The lowest BCUT2D eigenvalue weighted by Gasteiger charge is -2.41. The van der Waals surface area contributed by atoms with Crippen LogP contribution in [-0.4, -0.2) is 33.3 Å². The van der Waals surface area contributed by atoms with Crippen molar-refractivity contribution in [1.29, 1.82) is 0 Å². The molecule has 5 rings (SSSR count). The molecule has 1 aliphatic heterocycles. The maximum Gasteiger partial charge on any atom is 0.315 e. The Morgan fingerprint density at radius 1 is 0.952 bits per heavy atom. The summed E-state index contributed by atoms with van der Waals surface area (Å²) < 4.78 is 14.9. The van der Waals surface area contributed by atoms with E-state index in [4.69, 9.17) is 32.7 Å². The summed E-state index contributed by atoms with van der Waals surface area (Å²) in [6.45, 7) is 5.43. The number of aromatic nitrogens is 2. The molecule has 2 heterocycles. The van der Waals surface area contributed by atoms with Gasteiger partial charge >= 0.3 is 6.03 Å². The Labute approximate surface area is 255 Å². The van der Waals surface area contributed by atoms with Gasteiger partial charge in [0.1, 0.15) is 5.15 Å². The van der Waals surface area contributed by atoms with E-state index in [-0.39, 0.29) is 35.9 Å². The predicted octanol–water partition coefficient (Wildman–Crippen LogP) is 6.66. The number of nitrogens with one attached hydrogen (secondary N) is 2. The summed E-state index contributed by atoms with van der Waals surface area (Å²) in [5.74, 6) is -0.0199. The summed E-state index contributed by atoms with van der Waals surface area (Å²) in [5.41, 5.74) is 5.81. The zero-order valence-corrected chi connectivity index (χ0v) is 25.0. The van der Waals surface area contributed by atoms with E-state index in [1.54, 1.807) is 10.9 Å². The van der Waals surface area contributed by atoms with Crippen LogP contribution in [0.4, 0.5) is 4.79 Å². The van der Waals surface area contributed by atoms with Crippen molar-refractivity contribution in [2.24, 2.45) is 5.92 Å². The molecule has 0 saturated carbocycles. The monoisotopic (exact) mass is 608 g/mol. The molecule has 42 heavy (non-hydrogen) atoms. The molecule has 1 aliphatic rings. The molecule has 1 fully saturated rings. The van der Waals surface area contributed by atoms with E-state index in [1.165, 1.54) is 0 Å². The van der Waals surface area contributed by atoms with Crippen LogP contribution in [0.25, 0.3) is 11.1 Å². The normalized spacial score (nSPS) is 20.3. The van der Waals surface area contributed by atoms with Gasteiger partial charge in [-0.1, -0.05) is 96.9 Å². The molecule has 0 aliphatic carbocycles. The van der Waals surface area contributed by atoms with Gasteiger partial charge in [-0.2, -0.15) is 0 Å². The first-order valence-electron chi connectivity index (χ1n) is 13.9. The van der Waals surface area contributed by atoms with Gasteiger partial charge in [-0.05, 0) is 40.8 Å². The Morgan fingerprint density at radius 3 is 2.36 bits per heavy atom. The molecule has 3 N–H and O–H groups in total. The predicted molar refractivity (Wildman–Crippen MR) is 163 cm³/mol. The summed E-state index contributed by atoms with van der Waals surface area (Å²) in [4.78, 5) is 15.9. The molecule has 2 amide bonds. The minimum atomic E-state index is -0.617. The minimum Gasteiger partial charge on any atom is -0.392 e. The first-order chi connectivity index (χ1) is 20.4. The molecule has 8 nitrogen and oxygen atoms in total. The molecule has 4 aromatic rings.